The van der Waals surface area contributed by atoms with Gasteiger partial charge in [0.1, 0.15) is 9.75 Å². The fourth-order valence-corrected chi connectivity index (χ4v) is 3.84. The van der Waals surface area contributed by atoms with Crippen molar-refractivity contribution in [3.8, 4) is 11.1 Å². The number of halogens is 5. The van der Waals surface area contributed by atoms with Crippen LogP contribution in [-0.2, 0) is 11.0 Å². The first-order valence-corrected chi connectivity index (χ1v) is 9.50. The fourth-order valence-electron chi connectivity index (χ4n) is 2.42. The van der Waals surface area contributed by atoms with E-state index >= 15 is 0 Å². The first-order chi connectivity index (χ1) is 13.7. The van der Waals surface area contributed by atoms with Gasteiger partial charge in [0, 0.05) is 16.1 Å². The summed E-state index contributed by atoms with van der Waals surface area (Å²) in [6.45, 7) is 0. The molecule has 150 valence electrons. The zero-order valence-electron chi connectivity index (χ0n) is 14.3. The highest BCUT2D eigenvalue weighted by molar-refractivity contribution is 7.14. The number of rotatable bonds is 4. The summed E-state index contributed by atoms with van der Waals surface area (Å²) in [7, 11) is 0. The summed E-state index contributed by atoms with van der Waals surface area (Å²) in [5, 5.41) is 4.03. The topological polar surface area (TPSA) is 64.7 Å². The standard InChI is InChI=1S/C19H11Cl2F3N2O2S/c20-11-6-7-12(14(21)8-11)17(25)26-28-18(27)15-9-13(10-4-2-1-3-5-10)16(29-15)19(22,23)24/h1-9H,(H2,25,26). The number of oxime groups is 1. The van der Waals surface area contributed by atoms with Crippen LogP contribution in [0.25, 0.3) is 11.1 Å². The van der Waals surface area contributed by atoms with Gasteiger partial charge in [-0.05, 0) is 29.8 Å². The Morgan fingerprint density at radius 1 is 1.07 bits per heavy atom. The van der Waals surface area contributed by atoms with E-state index in [9.17, 15) is 18.0 Å². The molecule has 10 heteroatoms. The number of thiophene rings is 1. The van der Waals surface area contributed by atoms with Gasteiger partial charge in [-0.15, -0.1) is 11.3 Å². The lowest BCUT2D eigenvalue weighted by atomic mass is 10.1. The Bertz CT molecular complexity index is 1080. The van der Waals surface area contributed by atoms with Crippen molar-refractivity contribution in [3.05, 3.63) is 80.0 Å². The van der Waals surface area contributed by atoms with Crippen LogP contribution in [0.1, 0.15) is 20.1 Å². The second kappa shape index (κ2) is 8.44. The van der Waals surface area contributed by atoms with Gasteiger partial charge in [0.2, 0.25) is 0 Å². The summed E-state index contributed by atoms with van der Waals surface area (Å²) in [6, 6.07) is 13.4. The van der Waals surface area contributed by atoms with Crippen LogP contribution >= 0.6 is 34.5 Å². The first-order valence-electron chi connectivity index (χ1n) is 7.93. The van der Waals surface area contributed by atoms with Crippen LogP contribution in [0.2, 0.25) is 10.0 Å². The van der Waals surface area contributed by atoms with Crippen LogP contribution in [0.4, 0.5) is 13.2 Å². The van der Waals surface area contributed by atoms with E-state index in [1.165, 1.54) is 30.3 Å². The summed E-state index contributed by atoms with van der Waals surface area (Å²) >= 11 is 12.1. The molecule has 0 amide bonds. The molecule has 1 heterocycles. The lowest BCUT2D eigenvalue weighted by Gasteiger charge is -2.07. The van der Waals surface area contributed by atoms with Crippen molar-refractivity contribution in [2.45, 2.75) is 6.18 Å². The molecule has 3 aromatic rings. The Morgan fingerprint density at radius 3 is 2.38 bits per heavy atom. The highest BCUT2D eigenvalue weighted by Crippen LogP contribution is 2.43. The summed E-state index contributed by atoms with van der Waals surface area (Å²) in [5.74, 6) is -1.30. The molecule has 3 rings (SSSR count). The molecule has 0 saturated heterocycles. The second-order valence-electron chi connectivity index (χ2n) is 5.70. The Kier molecular flexibility index (Phi) is 6.16. The third-order valence-electron chi connectivity index (χ3n) is 3.71. The Balaban J connectivity index is 1.89. The molecule has 0 aliphatic carbocycles. The molecule has 0 unspecified atom stereocenters. The zero-order valence-corrected chi connectivity index (χ0v) is 16.7. The van der Waals surface area contributed by atoms with Crippen molar-refractivity contribution in [3.63, 3.8) is 0 Å². The molecule has 0 saturated carbocycles. The molecular formula is C19H11Cl2F3N2O2S. The van der Waals surface area contributed by atoms with Crippen molar-refractivity contribution in [1.82, 2.24) is 0 Å². The predicted octanol–water partition coefficient (Wildman–Crippen LogP) is 6.22. The number of alkyl halides is 3. The predicted molar refractivity (Wildman–Crippen MR) is 107 cm³/mol. The SMILES string of the molecule is N/C(=N\OC(=O)c1cc(-c2ccccc2)c(C(F)(F)F)s1)c1ccc(Cl)cc1Cl. The van der Waals surface area contributed by atoms with Crippen LogP contribution in [0, 0.1) is 0 Å². The summed E-state index contributed by atoms with van der Waals surface area (Å²) < 4.78 is 40.2. The van der Waals surface area contributed by atoms with Crippen LogP contribution in [0.15, 0.2) is 59.8 Å². The maximum Gasteiger partial charge on any atom is 0.426 e. The zero-order chi connectivity index (χ0) is 21.2. The number of carbonyl (C=O) groups excluding carboxylic acids is 1. The minimum absolute atomic E-state index is 0.118. The first kappa shape index (κ1) is 21.2. The normalized spacial score (nSPS) is 12.1. The number of hydrogen-bond acceptors (Lipinski definition) is 4. The maximum atomic E-state index is 13.4. The van der Waals surface area contributed by atoms with Crippen molar-refractivity contribution < 1.29 is 22.8 Å². The molecule has 0 atom stereocenters. The molecule has 0 bridgehead atoms. The molecule has 0 spiro atoms. The summed E-state index contributed by atoms with van der Waals surface area (Å²) in [6.07, 6.45) is -4.63. The third kappa shape index (κ3) is 4.90. The second-order valence-corrected chi connectivity index (χ2v) is 7.59. The van der Waals surface area contributed by atoms with Gasteiger partial charge in [0.25, 0.3) is 0 Å². The molecule has 0 fully saturated rings. The third-order valence-corrected chi connectivity index (χ3v) is 5.42. The van der Waals surface area contributed by atoms with Gasteiger partial charge in [0.15, 0.2) is 5.84 Å². The molecule has 0 aliphatic heterocycles. The van der Waals surface area contributed by atoms with E-state index < -0.39 is 17.0 Å². The number of benzene rings is 2. The van der Waals surface area contributed by atoms with E-state index in [-0.39, 0.29) is 38.2 Å². The van der Waals surface area contributed by atoms with E-state index in [2.05, 4.69) is 5.16 Å². The lowest BCUT2D eigenvalue weighted by Crippen LogP contribution is -2.15. The molecule has 2 N–H and O–H groups in total. The van der Waals surface area contributed by atoms with E-state index in [0.717, 1.165) is 6.07 Å². The number of amidine groups is 1. The van der Waals surface area contributed by atoms with Gasteiger partial charge in [0.05, 0.1) is 5.02 Å². The molecule has 0 aliphatic rings. The maximum absolute atomic E-state index is 13.4. The number of carbonyl (C=O) groups is 1. The highest BCUT2D eigenvalue weighted by Gasteiger charge is 2.37. The molecule has 1 aromatic heterocycles. The fraction of sp³-hybridized carbons (Fsp3) is 0.0526. The van der Waals surface area contributed by atoms with Gasteiger partial charge >= 0.3 is 12.1 Å². The molecule has 4 nitrogen and oxygen atoms in total. The van der Waals surface area contributed by atoms with E-state index in [1.807, 2.05) is 0 Å². The average molecular weight is 459 g/mol. The Labute approximate surface area is 177 Å². The number of hydrogen-bond donors (Lipinski definition) is 1. The molecule has 29 heavy (non-hydrogen) atoms. The van der Waals surface area contributed by atoms with Crippen molar-refractivity contribution in [1.29, 1.82) is 0 Å². The average Bonchev–Trinajstić information content (AvgIpc) is 3.12. The van der Waals surface area contributed by atoms with Crippen molar-refractivity contribution in [2.75, 3.05) is 0 Å². The monoisotopic (exact) mass is 458 g/mol. The van der Waals surface area contributed by atoms with E-state index in [4.69, 9.17) is 33.8 Å². The molecular weight excluding hydrogens is 448 g/mol. The van der Waals surface area contributed by atoms with Crippen molar-refractivity contribution >= 4 is 46.3 Å². The quantitative estimate of drug-likeness (QED) is 0.218. The number of nitrogens with two attached hydrogens (primary N) is 1. The summed E-state index contributed by atoms with van der Waals surface area (Å²) in [4.78, 5) is 15.8. The van der Waals surface area contributed by atoms with Crippen LogP contribution < -0.4 is 5.73 Å². The largest absolute Gasteiger partial charge is 0.426 e. The number of nitrogens with zero attached hydrogens (tertiary/aromatic N) is 1. The Morgan fingerprint density at radius 2 is 1.76 bits per heavy atom. The van der Waals surface area contributed by atoms with Gasteiger partial charge in [-0.25, -0.2) is 4.79 Å². The lowest BCUT2D eigenvalue weighted by molar-refractivity contribution is -0.133. The van der Waals surface area contributed by atoms with Gasteiger partial charge < -0.3 is 10.6 Å². The molecule has 0 radical (unpaired) electrons. The van der Waals surface area contributed by atoms with E-state index in [1.54, 1.807) is 18.2 Å². The van der Waals surface area contributed by atoms with Gasteiger partial charge in [-0.2, -0.15) is 13.2 Å². The summed E-state index contributed by atoms with van der Waals surface area (Å²) in [5.41, 5.74) is 6.20. The Hall–Kier alpha value is -2.55. The minimum atomic E-state index is -4.63. The van der Waals surface area contributed by atoms with Crippen molar-refractivity contribution in [2.24, 2.45) is 10.9 Å². The van der Waals surface area contributed by atoms with Gasteiger partial charge in [-0.3, -0.25) is 0 Å². The van der Waals surface area contributed by atoms with Crippen LogP contribution in [-0.4, -0.2) is 11.8 Å². The minimum Gasteiger partial charge on any atom is -0.380 e. The molecule has 2 aromatic carbocycles. The van der Waals surface area contributed by atoms with Gasteiger partial charge in [-0.1, -0.05) is 58.7 Å². The highest BCUT2D eigenvalue weighted by atomic mass is 35.5. The smallest absolute Gasteiger partial charge is 0.380 e. The van der Waals surface area contributed by atoms with E-state index in [0.29, 0.717) is 10.6 Å². The van der Waals surface area contributed by atoms with Crippen LogP contribution in [0.3, 0.4) is 0 Å². The van der Waals surface area contributed by atoms with Crippen LogP contribution in [0.5, 0.6) is 0 Å².